The minimum atomic E-state index is -0.509. The van der Waals surface area contributed by atoms with Crippen LogP contribution in [0.1, 0.15) is 145 Å². The Balaban J connectivity index is 1.08. The number of hydrogen-bond acceptors (Lipinski definition) is 1. The first kappa shape index (κ1) is 40.8. The summed E-state index contributed by atoms with van der Waals surface area (Å²) in [5.74, 6) is -0.500. The summed E-state index contributed by atoms with van der Waals surface area (Å²) in [4.78, 5) is 2.51. The van der Waals surface area contributed by atoms with Crippen molar-refractivity contribution in [2.75, 3.05) is 4.90 Å². The molecule has 0 N–H and O–H groups in total. The van der Waals surface area contributed by atoms with E-state index < -0.39 is 11.3 Å². The highest BCUT2D eigenvalue weighted by Crippen LogP contribution is 2.64. The minimum Gasteiger partial charge on any atom is -0.310 e. The first-order valence-corrected chi connectivity index (χ1v) is 24.9. The fraction of sp³-hybridized carbons (Fsp3) is 0.273. The molecule has 12 rings (SSSR count). The van der Waals surface area contributed by atoms with Crippen molar-refractivity contribution in [3.63, 3.8) is 0 Å². The van der Waals surface area contributed by atoms with Gasteiger partial charge in [0.15, 0.2) is 0 Å². The van der Waals surface area contributed by atoms with Crippen molar-refractivity contribution in [1.29, 1.82) is 0 Å². The lowest BCUT2D eigenvalue weighted by atomic mass is 9.68. The lowest BCUT2D eigenvalue weighted by Crippen LogP contribution is -2.27. The Morgan fingerprint density at radius 3 is 1.49 bits per heavy atom. The molecule has 1 fully saturated rings. The third-order valence-electron chi connectivity index (χ3n) is 16.2. The van der Waals surface area contributed by atoms with Crippen LogP contribution in [0.3, 0.4) is 0 Å². The summed E-state index contributed by atoms with van der Waals surface area (Å²) in [7, 11) is 0. The maximum atomic E-state index is 9.43. The Morgan fingerprint density at radius 2 is 0.896 bits per heavy atom. The van der Waals surface area contributed by atoms with Crippen molar-refractivity contribution in [3.05, 3.63) is 220 Å². The van der Waals surface area contributed by atoms with Crippen LogP contribution in [0.15, 0.2) is 170 Å². The van der Waals surface area contributed by atoms with Gasteiger partial charge in [0.05, 0.1) is 5.41 Å². The first-order valence-electron chi connectivity index (χ1n) is 25.4. The molecular weight excluding hydrogens is 807 g/mol. The standard InChI is InChI=1S/C66H63N/c1-63(2,3)46-27-33-54-55-34-28-47(64(4,5)6)39-61(55)66(60(54)38-46)58-24-15-13-22-52(58)56-36-32-50(41-62(56)66)67(49-31-35-53-51-21-12-14-23-57(51)65(7,8)59(53)40-49)48-29-25-43(26-30-48)45-20-16-19-44(37-45)42-17-10-9-11-18-42/h12-16,19-42H,9-11,17-18H2,1-8H3/i42D. The third-order valence-corrected chi connectivity index (χ3v) is 16.2. The van der Waals surface area contributed by atoms with Gasteiger partial charge in [0.25, 0.3) is 0 Å². The number of fused-ring (bicyclic) bond motifs is 13. The Labute approximate surface area is 401 Å². The SMILES string of the molecule is [2H]C1(c2cccc(-c3ccc(N(c4ccc5c(c4)C(C)(C)c4ccccc4-5)c4ccc5c(c4)C4(c6ccccc6-5)c5cc(C(C)(C)C)ccc5-c5ccc(C(C)(C)C)cc54)cc3)c2)CCCCC1. The highest BCUT2D eigenvalue weighted by atomic mass is 15.1. The van der Waals surface area contributed by atoms with E-state index in [0.717, 1.165) is 48.3 Å². The maximum absolute atomic E-state index is 9.43. The molecule has 0 unspecified atom stereocenters. The zero-order chi connectivity index (χ0) is 47.0. The van der Waals surface area contributed by atoms with Crippen LogP contribution in [0, 0.1) is 0 Å². The van der Waals surface area contributed by atoms with Crippen molar-refractivity contribution in [1.82, 2.24) is 0 Å². The molecule has 8 aromatic carbocycles. The van der Waals surface area contributed by atoms with E-state index in [-0.39, 0.29) is 16.2 Å². The Kier molecular flexibility index (Phi) is 9.16. The molecule has 4 aliphatic rings. The second-order valence-electron chi connectivity index (χ2n) is 22.6. The highest BCUT2D eigenvalue weighted by molar-refractivity contribution is 5.97. The number of rotatable bonds is 5. The van der Waals surface area contributed by atoms with Crippen molar-refractivity contribution < 1.29 is 1.37 Å². The van der Waals surface area contributed by atoms with Crippen molar-refractivity contribution in [2.24, 2.45) is 0 Å². The normalized spacial score (nSPS) is 16.9. The molecule has 1 heteroatoms. The molecule has 1 saturated carbocycles. The van der Waals surface area contributed by atoms with Gasteiger partial charge in [-0.15, -0.1) is 0 Å². The van der Waals surface area contributed by atoms with Crippen LogP contribution in [0.2, 0.25) is 0 Å². The number of hydrogen-bond donors (Lipinski definition) is 0. The van der Waals surface area contributed by atoms with Gasteiger partial charge in [0, 0.05) is 23.8 Å². The largest absolute Gasteiger partial charge is 0.310 e. The van der Waals surface area contributed by atoms with Gasteiger partial charge in [-0.1, -0.05) is 208 Å². The monoisotopic (exact) mass is 871 g/mol. The minimum absolute atomic E-state index is 0.0197. The van der Waals surface area contributed by atoms with E-state index in [1.807, 2.05) is 0 Å². The zero-order valence-electron chi connectivity index (χ0n) is 41.6. The van der Waals surface area contributed by atoms with Gasteiger partial charge in [-0.25, -0.2) is 0 Å². The average Bonchev–Trinajstić information content (AvgIpc) is 3.89. The Morgan fingerprint density at radius 1 is 0.418 bits per heavy atom. The van der Waals surface area contributed by atoms with Gasteiger partial charge in [0.2, 0.25) is 0 Å². The van der Waals surface area contributed by atoms with Crippen LogP contribution < -0.4 is 4.90 Å². The van der Waals surface area contributed by atoms with Gasteiger partial charge in [-0.05, 0) is 161 Å². The van der Waals surface area contributed by atoms with Gasteiger partial charge in [0.1, 0.15) is 0 Å². The average molecular weight is 871 g/mol. The summed E-state index contributed by atoms with van der Waals surface area (Å²) < 4.78 is 9.43. The summed E-state index contributed by atoms with van der Waals surface area (Å²) >= 11 is 0. The molecule has 8 aromatic rings. The van der Waals surface area contributed by atoms with Gasteiger partial charge >= 0.3 is 0 Å². The quantitative estimate of drug-likeness (QED) is 0.167. The van der Waals surface area contributed by atoms with E-state index in [4.69, 9.17) is 0 Å². The molecule has 0 saturated heterocycles. The van der Waals surface area contributed by atoms with Gasteiger partial charge in [-0.3, -0.25) is 0 Å². The van der Waals surface area contributed by atoms with E-state index in [2.05, 4.69) is 230 Å². The fourth-order valence-corrected chi connectivity index (χ4v) is 12.5. The maximum Gasteiger partial charge on any atom is 0.0726 e. The van der Waals surface area contributed by atoms with E-state index >= 15 is 0 Å². The topological polar surface area (TPSA) is 3.24 Å². The number of anilines is 3. The lowest BCUT2D eigenvalue weighted by molar-refractivity contribution is 0.444. The molecule has 1 nitrogen and oxygen atoms in total. The molecule has 1 spiro atoms. The van der Waals surface area contributed by atoms with Crippen molar-refractivity contribution in [2.45, 2.75) is 115 Å². The van der Waals surface area contributed by atoms with E-state index in [0.29, 0.717) is 0 Å². The molecular formula is C66H63N. The molecule has 0 atom stereocenters. The summed E-state index contributed by atoms with van der Waals surface area (Å²) in [6, 6.07) is 65.4. The predicted octanol–water partition coefficient (Wildman–Crippen LogP) is 18.1. The molecule has 0 amide bonds. The Hall–Kier alpha value is -6.44. The summed E-state index contributed by atoms with van der Waals surface area (Å²) in [6.45, 7) is 18.8. The molecule has 0 aliphatic heterocycles. The summed E-state index contributed by atoms with van der Waals surface area (Å²) in [6.07, 6.45) is 5.38. The second kappa shape index (κ2) is 15.0. The lowest BCUT2D eigenvalue weighted by Gasteiger charge is -2.34. The first-order chi connectivity index (χ1) is 32.6. The van der Waals surface area contributed by atoms with Crippen molar-refractivity contribution in [3.8, 4) is 44.5 Å². The fourth-order valence-electron chi connectivity index (χ4n) is 12.5. The van der Waals surface area contributed by atoms with Crippen LogP contribution in [0.5, 0.6) is 0 Å². The zero-order valence-corrected chi connectivity index (χ0v) is 40.6. The summed E-state index contributed by atoms with van der Waals surface area (Å²) in [5.41, 5.74) is 25.1. The smallest absolute Gasteiger partial charge is 0.0726 e. The Bertz CT molecular complexity index is 3260. The highest BCUT2D eigenvalue weighted by Gasteiger charge is 2.52. The van der Waals surface area contributed by atoms with Gasteiger partial charge in [-0.2, -0.15) is 0 Å². The van der Waals surface area contributed by atoms with Crippen LogP contribution >= 0.6 is 0 Å². The van der Waals surface area contributed by atoms with Gasteiger partial charge < -0.3 is 4.90 Å². The summed E-state index contributed by atoms with van der Waals surface area (Å²) in [5, 5.41) is 0. The van der Waals surface area contributed by atoms with Crippen LogP contribution in [-0.2, 0) is 21.7 Å². The molecule has 332 valence electrons. The molecule has 4 aliphatic carbocycles. The number of benzene rings is 8. The molecule has 0 radical (unpaired) electrons. The van der Waals surface area contributed by atoms with E-state index in [1.165, 1.54) is 95.4 Å². The third kappa shape index (κ3) is 6.40. The van der Waals surface area contributed by atoms with Crippen LogP contribution in [-0.4, -0.2) is 0 Å². The van der Waals surface area contributed by atoms with Crippen LogP contribution in [0.25, 0.3) is 44.5 Å². The van der Waals surface area contributed by atoms with E-state index in [9.17, 15) is 1.37 Å². The molecule has 0 bridgehead atoms. The van der Waals surface area contributed by atoms with Crippen molar-refractivity contribution >= 4 is 17.1 Å². The molecule has 0 aromatic heterocycles. The molecule has 0 heterocycles. The predicted molar refractivity (Wildman–Crippen MR) is 284 cm³/mol. The van der Waals surface area contributed by atoms with Crippen LogP contribution in [0.4, 0.5) is 17.1 Å². The van der Waals surface area contributed by atoms with E-state index in [1.54, 1.807) is 0 Å². The number of nitrogens with zero attached hydrogens (tertiary/aromatic N) is 1. The molecule has 67 heavy (non-hydrogen) atoms. The second-order valence-corrected chi connectivity index (χ2v) is 22.6.